The van der Waals surface area contributed by atoms with Gasteiger partial charge < -0.3 is 25.4 Å². The van der Waals surface area contributed by atoms with E-state index >= 15 is 4.39 Å². The molecule has 0 radical (unpaired) electrons. The number of unbranched alkanes of at least 4 members (excludes halogenated alkanes) is 1. The number of rotatable bonds is 13. The quantitative estimate of drug-likeness (QED) is 0.275. The van der Waals surface area contributed by atoms with E-state index in [1.54, 1.807) is 12.1 Å². The molecule has 1 saturated carbocycles. The van der Waals surface area contributed by atoms with Crippen LogP contribution in [0.3, 0.4) is 0 Å². The number of hydrogen-bond acceptors (Lipinski definition) is 4. The van der Waals surface area contributed by atoms with E-state index in [-0.39, 0.29) is 28.6 Å². The Hall–Kier alpha value is -1.41. The second kappa shape index (κ2) is 15.2. The summed E-state index contributed by atoms with van der Waals surface area (Å²) >= 11 is 6.12. The second-order valence-corrected chi connectivity index (χ2v) is 11.3. The molecule has 1 aliphatic carbocycles. The number of carbonyl (C=O) groups excluding carboxylic acids is 1. The van der Waals surface area contributed by atoms with Crippen LogP contribution >= 0.6 is 11.6 Å². The Labute approximate surface area is 227 Å². The lowest BCUT2D eigenvalue weighted by Gasteiger charge is -2.43. The van der Waals surface area contributed by atoms with Gasteiger partial charge in [0.05, 0.1) is 10.6 Å². The molecule has 3 atom stereocenters. The molecule has 37 heavy (non-hydrogen) atoms. The SMILES string of the molecule is CCOCCCC[C@@](O)(c1cccc(Cl)c1F)[C@@H]1CCCN(C(=O)N[C@H](CNC)CC2CCCCC2)C1. The Kier molecular flexibility index (Phi) is 12.4. The number of urea groups is 1. The smallest absolute Gasteiger partial charge is 0.317 e. The van der Waals surface area contributed by atoms with Gasteiger partial charge in [-0.25, -0.2) is 9.18 Å². The fourth-order valence-electron chi connectivity index (χ4n) is 6.22. The Morgan fingerprint density at radius 3 is 2.76 bits per heavy atom. The number of nitrogens with zero attached hydrogens (tertiary/aromatic N) is 1. The molecular formula is C29H47ClFN3O3. The molecule has 1 aromatic rings. The first-order valence-electron chi connectivity index (χ1n) is 14.3. The molecular weight excluding hydrogens is 493 g/mol. The van der Waals surface area contributed by atoms with Crippen molar-refractivity contribution >= 4 is 17.6 Å². The van der Waals surface area contributed by atoms with E-state index in [0.717, 1.165) is 32.2 Å². The first-order chi connectivity index (χ1) is 17.9. The highest BCUT2D eigenvalue weighted by atomic mass is 35.5. The maximum Gasteiger partial charge on any atom is 0.317 e. The van der Waals surface area contributed by atoms with Crippen LogP contribution in [0, 0.1) is 17.7 Å². The minimum Gasteiger partial charge on any atom is -0.385 e. The molecule has 1 heterocycles. The van der Waals surface area contributed by atoms with Crippen molar-refractivity contribution in [1.82, 2.24) is 15.5 Å². The number of ether oxygens (including phenoxy) is 1. The average Bonchev–Trinajstić information content (AvgIpc) is 2.90. The molecule has 0 bridgehead atoms. The minimum absolute atomic E-state index is 0.00766. The van der Waals surface area contributed by atoms with Crippen molar-refractivity contribution in [3.63, 3.8) is 0 Å². The van der Waals surface area contributed by atoms with Crippen molar-refractivity contribution in [2.24, 2.45) is 11.8 Å². The number of hydrogen-bond donors (Lipinski definition) is 3. The lowest BCUT2D eigenvalue weighted by molar-refractivity contribution is -0.0589. The number of aliphatic hydroxyl groups is 1. The van der Waals surface area contributed by atoms with Crippen LogP contribution in [0.1, 0.15) is 83.1 Å². The van der Waals surface area contributed by atoms with Crippen LogP contribution < -0.4 is 10.6 Å². The van der Waals surface area contributed by atoms with Gasteiger partial charge in [-0.1, -0.05) is 55.8 Å². The van der Waals surface area contributed by atoms with E-state index in [0.29, 0.717) is 45.1 Å². The highest BCUT2D eigenvalue weighted by Crippen LogP contribution is 2.42. The third-order valence-electron chi connectivity index (χ3n) is 8.22. The highest BCUT2D eigenvalue weighted by molar-refractivity contribution is 6.30. The predicted octanol–water partition coefficient (Wildman–Crippen LogP) is 5.85. The van der Waals surface area contributed by atoms with Gasteiger partial charge in [0.1, 0.15) is 5.82 Å². The lowest BCUT2D eigenvalue weighted by atomic mass is 9.74. The minimum atomic E-state index is -1.41. The zero-order chi connectivity index (χ0) is 26.7. The number of likely N-dealkylation sites (tertiary alicyclic amines) is 1. The van der Waals surface area contributed by atoms with Crippen molar-refractivity contribution in [3.05, 3.63) is 34.6 Å². The van der Waals surface area contributed by atoms with Crippen LogP contribution in [0.5, 0.6) is 0 Å². The molecule has 210 valence electrons. The van der Waals surface area contributed by atoms with Gasteiger partial charge in [0.15, 0.2) is 0 Å². The van der Waals surface area contributed by atoms with E-state index < -0.39 is 11.4 Å². The predicted molar refractivity (Wildman–Crippen MR) is 147 cm³/mol. The summed E-state index contributed by atoms with van der Waals surface area (Å²) < 4.78 is 20.7. The Morgan fingerprint density at radius 2 is 2.03 bits per heavy atom. The second-order valence-electron chi connectivity index (χ2n) is 10.9. The summed E-state index contributed by atoms with van der Waals surface area (Å²) in [6.45, 7) is 4.96. The molecule has 2 aliphatic rings. The maximum absolute atomic E-state index is 15.2. The number of likely N-dealkylation sites (N-methyl/N-ethyl adjacent to an activating group) is 1. The number of halogens is 2. The summed E-state index contributed by atoms with van der Waals surface area (Å²) in [4.78, 5) is 15.2. The molecule has 1 saturated heterocycles. The molecule has 1 aliphatic heterocycles. The summed E-state index contributed by atoms with van der Waals surface area (Å²) in [5, 5.41) is 18.5. The number of carbonyl (C=O) groups is 1. The Bertz CT molecular complexity index is 839. The van der Waals surface area contributed by atoms with Crippen LogP contribution in [-0.2, 0) is 10.3 Å². The highest BCUT2D eigenvalue weighted by Gasteiger charge is 2.43. The van der Waals surface area contributed by atoms with Crippen molar-refractivity contribution in [2.45, 2.75) is 89.2 Å². The van der Waals surface area contributed by atoms with Crippen LogP contribution in [-0.4, -0.2) is 62.0 Å². The molecule has 2 fully saturated rings. The average molecular weight is 540 g/mol. The van der Waals surface area contributed by atoms with Crippen molar-refractivity contribution in [2.75, 3.05) is 39.9 Å². The Morgan fingerprint density at radius 1 is 1.24 bits per heavy atom. The third kappa shape index (κ3) is 8.54. The van der Waals surface area contributed by atoms with E-state index in [9.17, 15) is 9.90 Å². The van der Waals surface area contributed by atoms with Crippen molar-refractivity contribution in [1.29, 1.82) is 0 Å². The number of benzene rings is 1. The fourth-order valence-corrected chi connectivity index (χ4v) is 6.40. The van der Waals surface area contributed by atoms with Gasteiger partial charge in [-0.15, -0.1) is 0 Å². The summed E-state index contributed by atoms with van der Waals surface area (Å²) in [5.41, 5.74) is -1.18. The summed E-state index contributed by atoms with van der Waals surface area (Å²) in [6, 6.07) is 4.81. The molecule has 0 unspecified atom stereocenters. The first-order valence-corrected chi connectivity index (χ1v) is 14.7. The van der Waals surface area contributed by atoms with Gasteiger partial charge in [-0.05, 0) is 64.5 Å². The monoisotopic (exact) mass is 539 g/mol. The normalized spacial score (nSPS) is 21.4. The van der Waals surface area contributed by atoms with Crippen LogP contribution in [0.15, 0.2) is 18.2 Å². The lowest BCUT2D eigenvalue weighted by Crippen LogP contribution is -2.54. The van der Waals surface area contributed by atoms with E-state index in [1.807, 2.05) is 18.9 Å². The Balaban J connectivity index is 1.71. The van der Waals surface area contributed by atoms with Crippen molar-refractivity contribution in [3.8, 4) is 0 Å². The molecule has 3 rings (SSSR count). The molecule has 6 nitrogen and oxygen atoms in total. The third-order valence-corrected chi connectivity index (χ3v) is 8.52. The van der Waals surface area contributed by atoms with Gasteiger partial charge in [-0.2, -0.15) is 0 Å². The summed E-state index contributed by atoms with van der Waals surface area (Å²) in [7, 11) is 1.92. The number of nitrogens with one attached hydrogen (secondary N) is 2. The van der Waals surface area contributed by atoms with Crippen LogP contribution in [0.25, 0.3) is 0 Å². The fraction of sp³-hybridized carbons (Fsp3) is 0.759. The summed E-state index contributed by atoms with van der Waals surface area (Å²) in [5.74, 6) is -0.193. The summed E-state index contributed by atoms with van der Waals surface area (Å²) in [6.07, 6.45) is 10.7. The maximum atomic E-state index is 15.2. The first kappa shape index (κ1) is 30.1. The van der Waals surface area contributed by atoms with Gasteiger partial charge in [0.2, 0.25) is 0 Å². The van der Waals surface area contributed by atoms with Gasteiger partial charge in [0, 0.05) is 50.4 Å². The molecule has 0 aromatic heterocycles. The van der Waals surface area contributed by atoms with Gasteiger partial charge >= 0.3 is 6.03 Å². The van der Waals surface area contributed by atoms with Crippen molar-refractivity contribution < 1.29 is 19.0 Å². The van der Waals surface area contributed by atoms with Crippen LogP contribution in [0.2, 0.25) is 5.02 Å². The van der Waals surface area contributed by atoms with Crippen LogP contribution in [0.4, 0.5) is 9.18 Å². The standard InChI is InChI=1S/C29H47ClFN3O3/c1-3-37-18-8-7-16-29(36,25-14-9-15-26(30)27(25)31)23-13-10-17-34(21-23)28(35)33-24(20-32-2)19-22-11-5-4-6-12-22/h9,14-15,22-24,32,36H,3-8,10-13,16-21H2,1-2H3,(H,33,35)/t23-,24+,29+/m1/s1. The zero-order valence-corrected chi connectivity index (χ0v) is 23.5. The zero-order valence-electron chi connectivity index (χ0n) is 22.7. The molecule has 3 N–H and O–H groups in total. The van der Waals surface area contributed by atoms with Gasteiger partial charge in [-0.3, -0.25) is 0 Å². The topological polar surface area (TPSA) is 73.8 Å². The molecule has 8 heteroatoms. The van der Waals surface area contributed by atoms with Gasteiger partial charge in [0.25, 0.3) is 0 Å². The number of piperidine rings is 1. The molecule has 0 spiro atoms. The van der Waals surface area contributed by atoms with E-state index in [4.69, 9.17) is 16.3 Å². The van der Waals surface area contributed by atoms with E-state index in [1.165, 1.54) is 38.2 Å². The molecule has 2 amide bonds. The molecule has 1 aromatic carbocycles. The largest absolute Gasteiger partial charge is 0.385 e. The number of amides is 2. The van der Waals surface area contributed by atoms with E-state index in [2.05, 4.69) is 10.6 Å².